The molecular formula is C48H66O6P2Pt3+2. The predicted octanol–water partition coefficient (Wildman–Crippen LogP) is 7.74. The van der Waals surface area contributed by atoms with Crippen molar-refractivity contribution >= 4 is 15.9 Å². The number of aryl methyl sites for hydroxylation is 4. The molecule has 11 heteroatoms. The second kappa shape index (κ2) is 22.0. The first-order valence-electron chi connectivity index (χ1n) is 19.7. The molecule has 0 aliphatic heterocycles. The summed E-state index contributed by atoms with van der Waals surface area (Å²) in [6, 6.07) is 24.3. The van der Waals surface area contributed by atoms with Crippen LogP contribution >= 0.6 is 15.9 Å². The molecule has 0 aliphatic carbocycles. The molecule has 4 rings (SSSR count). The molecule has 0 spiro atoms. The van der Waals surface area contributed by atoms with Crippen molar-refractivity contribution in [3.05, 3.63) is 140 Å². The van der Waals surface area contributed by atoms with E-state index in [2.05, 4.69) is 107 Å². The van der Waals surface area contributed by atoms with Crippen LogP contribution in [0.4, 0.5) is 0 Å². The van der Waals surface area contributed by atoms with Crippen LogP contribution in [-0.2, 0) is 84.9 Å². The van der Waals surface area contributed by atoms with Gasteiger partial charge in [-0.3, -0.25) is 0 Å². The van der Waals surface area contributed by atoms with Gasteiger partial charge < -0.3 is 29.4 Å². The van der Waals surface area contributed by atoms with Crippen molar-refractivity contribution in [2.45, 2.75) is 144 Å². The Balaban J connectivity index is 0.00000109. The quantitative estimate of drug-likeness (QED) is 0.166. The smallest absolute Gasteiger partial charge is 0.688 e. The van der Waals surface area contributed by atoms with Crippen molar-refractivity contribution in [1.29, 1.82) is 0 Å². The summed E-state index contributed by atoms with van der Waals surface area (Å²) >= 11 is 0. The Kier molecular flexibility index (Phi) is 21.8. The summed E-state index contributed by atoms with van der Waals surface area (Å²) in [4.78, 5) is 72.0. The minimum atomic E-state index is -4.74. The van der Waals surface area contributed by atoms with Gasteiger partial charge in [-0.2, -0.15) is 15.9 Å². The van der Waals surface area contributed by atoms with E-state index in [-0.39, 0.29) is 84.9 Å². The largest absolute Gasteiger partial charge is 2.00 e. The fourth-order valence-corrected chi connectivity index (χ4v) is 9.91. The van der Waals surface area contributed by atoms with Crippen molar-refractivity contribution in [1.82, 2.24) is 0 Å². The molecule has 0 fully saturated rings. The fourth-order valence-electron chi connectivity index (χ4n) is 8.29. The van der Waals surface area contributed by atoms with Crippen molar-refractivity contribution in [3.8, 4) is 0 Å². The van der Waals surface area contributed by atoms with E-state index in [0.717, 1.165) is 66.8 Å². The summed E-state index contributed by atoms with van der Waals surface area (Å²) in [5.41, 5.74) is 11.7. The maximum atomic E-state index is 12.0. The Morgan fingerprint density at radius 1 is 0.356 bits per heavy atom. The normalized spacial score (nSPS) is 12.6. The number of hydrogen-bond acceptors (Lipinski definition) is 6. The minimum absolute atomic E-state index is 0. The van der Waals surface area contributed by atoms with Crippen LogP contribution in [0.1, 0.15) is 162 Å². The molecule has 4 aromatic carbocycles. The van der Waals surface area contributed by atoms with Crippen LogP contribution in [-0.4, -0.2) is 12.3 Å². The summed E-state index contributed by atoms with van der Waals surface area (Å²) in [5.74, 6) is -0.960. The molecule has 59 heavy (non-hydrogen) atoms. The topological polar surface area (TPSA) is 138 Å². The van der Waals surface area contributed by atoms with E-state index in [0.29, 0.717) is 0 Å². The molecule has 0 saturated carbocycles. The molecule has 6 nitrogen and oxygen atoms in total. The second-order valence-corrected chi connectivity index (χ2v) is 23.0. The fraction of sp³-hybridized carbons (Fsp3) is 0.500. The Labute approximate surface area is 401 Å². The second-order valence-electron chi connectivity index (χ2n) is 19.8. The van der Waals surface area contributed by atoms with Crippen LogP contribution in [0.5, 0.6) is 0 Å². The number of rotatable bonds is 8. The van der Waals surface area contributed by atoms with E-state index in [9.17, 15) is 29.4 Å². The Bertz CT molecular complexity index is 1710. The third-order valence-corrected chi connectivity index (χ3v) is 12.4. The van der Waals surface area contributed by atoms with Crippen LogP contribution in [0, 0.1) is 27.7 Å². The minimum Gasteiger partial charge on any atom is -0.688 e. The summed E-state index contributed by atoms with van der Waals surface area (Å²) in [5, 5.41) is 0. The van der Waals surface area contributed by atoms with Gasteiger partial charge in [0.15, 0.2) is 0 Å². The Hall–Kier alpha value is -0.435. The van der Waals surface area contributed by atoms with Gasteiger partial charge in [-0.25, -0.2) is 0 Å². The summed E-state index contributed by atoms with van der Waals surface area (Å²) in [7, 11) is -9.47. The van der Waals surface area contributed by atoms with Gasteiger partial charge in [0.1, 0.15) is 0 Å². The van der Waals surface area contributed by atoms with E-state index in [4.69, 9.17) is 0 Å². The van der Waals surface area contributed by atoms with Crippen molar-refractivity contribution < 1.29 is 92.6 Å². The van der Waals surface area contributed by atoms with Gasteiger partial charge in [0.2, 0.25) is 0 Å². The van der Waals surface area contributed by atoms with E-state index in [1.807, 2.05) is 76.2 Å². The van der Waals surface area contributed by atoms with Gasteiger partial charge >= 0.3 is 63.2 Å². The SMILES string of the molecule is Cc1cccc(C(C)(C)C)c1C(C[P+]([O-])([O-])[O-])c1c(C)cccc1C(C)(C)C.Cc1cccc(C(C)(C)C)c1C(C[P+]([O-])([O-])[O-])c1c(C)cccc1C(C)(C)C.[Pt+2].[Pt+2].[Pt+2]. The summed E-state index contributed by atoms with van der Waals surface area (Å²) in [6.07, 6.45) is -0.816. The van der Waals surface area contributed by atoms with Gasteiger partial charge in [-0.05, 0) is 116 Å². The molecule has 332 valence electrons. The molecule has 0 N–H and O–H groups in total. The van der Waals surface area contributed by atoms with Gasteiger partial charge in [0.25, 0.3) is 0 Å². The maximum Gasteiger partial charge on any atom is 2.00 e. The zero-order chi connectivity index (χ0) is 43.0. The zero-order valence-electron chi connectivity index (χ0n) is 37.8. The molecule has 0 saturated heterocycles. The van der Waals surface area contributed by atoms with E-state index in [1.165, 1.54) is 0 Å². The molecule has 0 amide bonds. The van der Waals surface area contributed by atoms with Crippen LogP contribution in [0.25, 0.3) is 0 Å². The first kappa shape index (κ1) is 58.6. The number of hydrogen-bond donors (Lipinski definition) is 0. The third kappa shape index (κ3) is 15.9. The van der Waals surface area contributed by atoms with Crippen LogP contribution in [0.2, 0.25) is 0 Å². The maximum absolute atomic E-state index is 12.0. The molecule has 0 heterocycles. The standard InChI is InChI=1S/2C24H35O3P.3Pt/c2*1-16-11-9-13-19(23(3,4)5)21(16)18(15-28(25,26)27)22-17(2)12-10-14-20(22)24(6,7)8;;;/h2*9-14,18H,15H2,1-8H3,(H2,25,26,27);;;/q;;3*+2/p-4. The Morgan fingerprint density at radius 3 is 0.661 bits per heavy atom. The molecule has 0 unspecified atom stereocenters. The summed E-state index contributed by atoms with van der Waals surface area (Å²) < 4.78 is 0. The van der Waals surface area contributed by atoms with Crippen molar-refractivity contribution in [3.63, 3.8) is 0 Å². The third-order valence-electron chi connectivity index (χ3n) is 10.7. The van der Waals surface area contributed by atoms with Crippen molar-refractivity contribution in [2.75, 3.05) is 12.3 Å². The molecule has 0 atom stereocenters. The molecule has 0 aromatic heterocycles. The first-order chi connectivity index (χ1) is 25.3. The Morgan fingerprint density at radius 2 is 0.525 bits per heavy atom. The van der Waals surface area contributed by atoms with E-state index in [1.54, 1.807) is 0 Å². The molecule has 0 bridgehead atoms. The van der Waals surface area contributed by atoms with E-state index < -0.39 is 40.0 Å². The molecule has 0 radical (unpaired) electrons. The average Bonchev–Trinajstić information content (AvgIpc) is 3.00. The van der Waals surface area contributed by atoms with Gasteiger partial charge in [-0.1, -0.05) is 156 Å². The summed E-state index contributed by atoms with van der Waals surface area (Å²) in [6.45, 7) is 33.5. The van der Waals surface area contributed by atoms with Crippen LogP contribution < -0.4 is 29.4 Å². The van der Waals surface area contributed by atoms with E-state index >= 15 is 0 Å². The molecule has 4 aromatic rings. The van der Waals surface area contributed by atoms with Crippen molar-refractivity contribution in [2.24, 2.45) is 0 Å². The molecule has 0 aliphatic rings. The zero-order valence-corrected chi connectivity index (χ0v) is 46.4. The molecular weight excluding hydrogens is 1320 g/mol. The first-order valence-corrected chi connectivity index (χ1v) is 23.1. The predicted molar refractivity (Wildman–Crippen MR) is 227 cm³/mol. The van der Waals surface area contributed by atoms with Gasteiger partial charge in [-0.15, -0.1) is 0 Å². The number of benzene rings is 4. The van der Waals surface area contributed by atoms with Gasteiger partial charge in [0.05, 0.1) is 12.3 Å². The average molecular weight is 1390 g/mol. The van der Waals surface area contributed by atoms with Crippen LogP contribution in [0.3, 0.4) is 0 Å². The van der Waals surface area contributed by atoms with Gasteiger partial charge in [0, 0.05) is 11.8 Å². The van der Waals surface area contributed by atoms with Crippen LogP contribution in [0.15, 0.2) is 72.8 Å². The monoisotopic (exact) mass is 1390 g/mol.